The predicted octanol–water partition coefficient (Wildman–Crippen LogP) is 2.73. The molecule has 2 aromatic rings. The van der Waals surface area contributed by atoms with Crippen molar-refractivity contribution in [2.24, 2.45) is 5.73 Å². The van der Waals surface area contributed by atoms with Gasteiger partial charge in [0, 0.05) is 18.3 Å². The number of rotatable bonds is 4. The number of thiophene rings is 1. The maximum atomic E-state index is 12.7. The molecule has 0 radical (unpaired) electrons. The van der Waals surface area contributed by atoms with Crippen LogP contribution in [0.2, 0.25) is 0 Å². The van der Waals surface area contributed by atoms with Gasteiger partial charge in [-0.15, -0.1) is 23.7 Å². The van der Waals surface area contributed by atoms with Crippen LogP contribution >= 0.6 is 35.1 Å². The van der Waals surface area contributed by atoms with Crippen LogP contribution in [0.25, 0.3) is 0 Å². The Morgan fingerprint density at radius 3 is 3.00 bits per heavy atom. The highest BCUT2D eigenvalue weighted by atomic mass is 35.5. The minimum atomic E-state index is -0.0545. The van der Waals surface area contributed by atoms with Gasteiger partial charge in [-0.2, -0.15) is 11.3 Å². The fourth-order valence-electron chi connectivity index (χ4n) is 2.57. The third-order valence-electron chi connectivity index (χ3n) is 3.59. The van der Waals surface area contributed by atoms with Crippen LogP contribution in [0.4, 0.5) is 0 Å². The summed E-state index contributed by atoms with van der Waals surface area (Å²) in [5.74, 6) is -0.0186. The van der Waals surface area contributed by atoms with E-state index in [4.69, 9.17) is 10.5 Å². The molecule has 1 amide bonds. The average Bonchev–Trinajstić information content (AvgIpc) is 3.18. The Balaban J connectivity index is 0.00000192. The smallest absolute Gasteiger partial charge is 0.273 e. The average molecular weight is 374 g/mol. The number of morpholine rings is 1. The van der Waals surface area contributed by atoms with E-state index in [1.165, 1.54) is 11.3 Å². The molecule has 1 saturated heterocycles. The summed E-state index contributed by atoms with van der Waals surface area (Å²) in [5.41, 5.74) is 7.19. The van der Waals surface area contributed by atoms with E-state index in [0.29, 0.717) is 25.3 Å². The Morgan fingerprint density at radius 2 is 2.30 bits per heavy atom. The Hall–Kier alpha value is -0.990. The van der Waals surface area contributed by atoms with Crippen molar-refractivity contribution in [2.75, 3.05) is 19.6 Å². The number of carbonyl (C=O) groups excluding carboxylic acids is 1. The van der Waals surface area contributed by atoms with E-state index in [1.54, 1.807) is 11.3 Å². The topological polar surface area (TPSA) is 68.5 Å². The van der Waals surface area contributed by atoms with Crippen LogP contribution in [-0.4, -0.2) is 41.5 Å². The Morgan fingerprint density at radius 1 is 1.48 bits per heavy atom. The van der Waals surface area contributed by atoms with Crippen LogP contribution in [0.1, 0.15) is 34.1 Å². The van der Waals surface area contributed by atoms with Crippen molar-refractivity contribution in [3.63, 3.8) is 0 Å². The van der Waals surface area contributed by atoms with Crippen LogP contribution in [0, 0.1) is 0 Å². The molecule has 0 saturated carbocycles. The molecule has 8 heteroatoms. The van der Waals surface area contributed by atoms with Crippen molar-refractivity contribution in [3.05, 3.63) is 38.5 Å². The van der Waals surface area contributed by atoms with E-state index in [0.717, 1.165) is 17.0 Å². The number of amides is 1. The molecule has 0 aromatic carbocycles. The number of thiazole rings is 1. The minimum Gasteiger partial charge on any atom is -0.367 e. The molecule has 1 aliphatic rings. The van der Waals surface area contributed by atoms with Gasteiger partial charge in [-0.05, 0) is 35.9 Å². The third-order valence-corrected chi connectivity index (χ3v) is 5.20. The van der Waals surface area contributed by atoms with E-state index >= 15 is 0 Å². The number of hydrogen-bond acceptors (Lipinski definition) is 6. The molecule has 2 N–H and O–H groups in total. The summed E-state index contributed by atoms with van der Waals surface area (Å²) < 4.78 is 5.97. The van der Waals surface area contributed by atoms with Gasteiger partial charge < -0.3 is 15.4 Å². The van der Waals surface area contributed by atoms with Gasteiger partial charge in [-0.3, -0.25) is 4.79 Å². The first-order valence-electron chi connectivity index (χ1n) is 7.28. The SMILES string of the molecule is CC1CN(C(=O)c2csc(CCN)n2)CC(c2ccsc2)O1.Cl. The summed E-state index contributed by atoms with van der Waals surface area (Å²) in [7, 11) is 0. The van der Waals surface area contributed by atoms with Crippen LogP contribution < -0.4 is 5.73 Å². The highest BCUT2D eigenvalue weighted by Crippen LogP contribution is 2.27. The fraction of sp³-hybridized carbons (Fsp3) is 0.467. The minimum absolute atomic E-state index is 0. The second kappa shape index (κ2) is 8.21. The second-order valence-electron chi connectivity index (χ2n) is 5.37. The van der Waals surface area contributed by atoms with Crippen molar-refractivity contribution >= 4 is 41.0 Å². The predicted molar refractivity (Wildman–Crippen MR) is 95.6 cm³/mol. The van der Waals surface area contributed by atoms with Crippen molar-refractivity contribution < 1.29 is 9.53 Å². The number of aromatic nitrogens is 1. The lowest BCUT2D eigenvalue weighted by molar-refractivity contribution is -0.0691. The zero-order valence-electron chi connectivity index (χ0n) is 12.8. The molecule has 3 heterocycles. The number of ether oxygens (including phenoxy) is 1. The Labute approximate surface area is 149 Å². The Bertz CT molecular complexity index is 632. The molecule has 126 valence electrons. The molecule has 0 bridgehead atoms. The lowest BCUT2D eigenvalue weighted by Gasteiger charge is -2.36. The van der Waals surface area contributed by atoms with Gasteiger partial charge >= 0.3 is 0 Å². The molecule has 2 aromatic heterocycles. The first kappa shape index (κ1) is 18.4. The molecule has 0 spiro atoms. The van der Waals surface area contributed by atoms with Crippen LogP contribution in [0.3, 0.4) is 0 Å². The van der Waals surface area contributed by atoms with Gasteiger partial charge in [0.25, 0.3) is 5.91 Å². The maximum absolute atomic E-state index is 12.7. The molecule has 0 aliphatic carbocycles. The van der Waals surface area contributed by atoms with Crippen molar-refractivity contribution in [2.45, 2.75) is 25.6 Å². The monoisotopic (exact) mass is 373 g/mol. The molecule has 23 heavy (non-hydrogen) atoms. The first-order chi connectivity index (χ1) is 10.7. The number of halogens is 1. The maximum Gasteiger partial charge on any atom is 0.273 e. The van der Waals surface area contributed by atoms with Crippen LogP contribution in [-0.2, 0) is 11.2 Å². The van der Waals surface area contributed by atoms with Gasteiger partial charge in [0.2, 0.25) is 0 Å². The molecule has 2 unspecified atom stereocenters. The largest absolute Gasteiger partial charge is 0.367 e. The summed E-state index contributed by atoms with van der Waals surface area (Å²) in [6.45, 7) is 3.72. The number of nitrogens with two attached hydrogens (primary N) is 1. The zero-order valence-corrected chi connectivity index (χ0v) is 15.3. The zero-order chi connectivity index (χ0) is 15.5. The standard InChI is InChI=1S/C15H19N3O2S2.ClH/c1-10-6-18(7-13(20-10)11-3-5-21-8-11)15(19)12-9-22-14(17-12)2-4-16;/h3,5,8-10,13H,2,4,6-7,16H2,1H3;1H. The van der Waals surface area contributed by atoms with Gasteiger partial charge in [0.05, 0.1) is 17.7 Å². The van der Waals surface area contributed by atoms with Gasteiger partial charge in [0.15, 0.2) is 0 Å². The number of carbonyl (C=O) groups is 1. The lowest BCUT2D eigenvalue weighted by Crippen LogP contribution is -2.46. The molecular formula is C15H20ClN3O2S2. The number of nitrogens with zero attached hydrogens (tertiary/aromatic N) is 2. The quantitative estimate of drug-likeness (QED) is 0.894. The molecule has 5 nitrogen and oxygen atoms in total. The molecule has 1 aliphatic heterocycles. The Kier molecular flexibility index (Phi) is 6.55. The van der Waals surface area contributed by atoms with E-state index in [1.807, 2.05) is 22.6 Å². The van der Waals surface area contributed by atoms with Crippen molar-refractivity contribution in [3.8, 4) is 0 Å². The van der Waals surface area contributed by atoms with Crippen LogP contribution in [0.15, 0.2) is 22.2 Å². The van der Waals surface area contributed by atoms with Crippen molar-refractivity contribution in [1.82, 2.24) is 9.88 Å². The summed E-state index contributed by atoms with van der Waals surface area (Å²) in [5, 5.41) is 6.85. The van der Waals surface area contributed by atoms with Gasteiger partial charge in [-0.25, -0.2) is 4.98 Å². The second-order valence-corrected chi connectivity index (χ2v) is 7.09. The van der Waals surface area contributed by atoms with Gasteiger partial charge in [-0.1, -0.05) is 0 Å². The highest BCUT2D eigenvalue weighted by molar-refractivity contribution is 7.09. The molecule has 1 fully saturated rings. The van der Waals surface area contributed by atoms with E-state index in [2.05, 4.69) is 16.4 Å². The number of hydrogen-bond donors (Lipinski definition) is 1. The third kappa shape index (κ3) is 4.30. The fourth-order valence-corrected chi connectivity index (χ4v) is 4.06. The molecule has 2 atom stereocenters. The molecule has 3 rings (SSSR count). The van der Waals surface area contributed by atoms with E-state index in [-0.39, 0.29) is 30.5 Å². The summed E-state index contributed by atoms with van der Waals surface area (Å²) in [4.78, 5) is 18.9. The first-order valence-corrected chi connectivity index (χ1v) is 9.11. The lowest BCUT2D eigenvalue weighted by atomic mass is 10.1. The summed E-state index contributed by atoms with van der Waals surface area (Å²) in [6.07, 6.45) is 0.681. The van der Waals surface area contributed by atoms with Gasteiger partial charge in [0.1, 0.15) is 11.8 Å². The normalized spacial score (nSPS) is 21.0. The van der Waals surface area contributed by atoms with Crippen molar-refractivity contribution in [1.29, 1.82) is 0 Å². The van der Waals surface area contributed by atoms with Crippen LogP contribution in [0.5, 0.6) is 0 Å². The summed E-state index contributed by atoms with van der Waals surface area (Å²) >= 11 is 3.14. The van der Waals surface area contributed by atoms with E-state index in [9.17, 15) is 4.79 Å². The van der Waals surface area contributed by atoms with E-state index < -0.39 is 0 Å². The molecular weight excluding hydrogens is 354 g/mol. The highest BCUT2D eigenvalue weighted by Gasteiger charge is 2.31. The summed E-state index contributed by atoms with van der Waals surface area (Å²) in [6, 6.07) is 2.05.